The molecule has 1 unspecified atom stereocenters. The highest BCUT2D eigenvalue weighted by atomic mass is 35.5. The van der Waals surface area contributed by atoms with Crippen molar-refractivity contribution in [1.82, 2.24) is 4.31 Å². The molecule has 1 heterocycles. The lowest BCUT2D eigenvalue weighted by Gasteiger charge is -2.24. The second-order valence-corrected chi connectivity index (χ2v) is 8.29. The predicted molar refractivity (Wildman–Crippen MR) is 93.2 cm³/mol. The average molecular weight is 350 g/mol. The fourth-order valence-electron chi connectivity index (χ4n) is 3.07. The van der Waals surface area contributed by atoms with Crippen molar-refractivity contribution in [2.45, 2.75) is 30.1 Å². The zero-order valence-electron chi connectivity index (χ0n) is 12.9. The summed E-state index contributed by atoms with van der Waals surface area (Å²) in [6, 6.07) is 16.4. The van der Waals surface area contributed by atoms with Gasteiger partial charge in [-0.25, -0.2) is 8.42 Å². The van der Waals surface area contributed by atoms with Crippen LogP contribution in [0.15, 0.2) is 59.5 Å². The molecule has 1 aliphatic heterocycles. The molecule has 122 valence electrons. The van der Waals surface area contributed by atoms with Crippen molar-refractivity contribution in [1.29, 1.82) is 0 Å². The van der Waals surface area contributed by atoms with Crippen LogP contribution in [0.2, 0.25) is 5.02 Å². The summed E-state index contributed by atoms with van der Waals surface area (Å²) in [6.45, 7) is 1.11. The van der Waals surface area contributed by atoms with Crippen LogP contribution < -0.4 is 0 Å². The molecule has 3 rings (SSSR count). The second kappa shape index (κ2) is 7.04. The number of rotatable bonds is 3. The highest BCUT2D eigenvalue weighted by molar-refractivity contribution is 7.89. The van der Waals surface area contributed by atoms with Gasteiger partial charge in [0.1, 0.15) is 0 Å². The van der Waals surface area contributed by atoms with E-state index in [1.165, 1.54) is 0 Å². The van der Waals surface area contributed by atoms with Crippen molar-refractivity contribution in [3.05, 3.63) is 65.2 Å². The number of hydrogen-bond acceptors (Lipinski definition) is 2. The van der Waals surface area contributed by atoms with E-state index in [-0.39, 0.29) is 5.92 Å². The Morgan fingerprint density at radius 2 is 1.65 bits per heavy atom. The first-order chi connectivity index (χ1) is 11.1. The van der Waals surface area contributed by atoms with Gasteiger partial charge < -0.3 is 0 Å². The largest absolute Gasteiger partial charge is 0.243 e. The van der Waals surface area contributed by atoms with Gasteiger partial charge in [0, 0.05) is 18.1 Å². The van der Waals surface area contributed by atoms with Gasteiger partial charge in [0.2, 0.25) is 10.0 Å². The number of nitrogens with zero attached hydrogens (tertiary/aromatic N) is 1. The molecule has 0 aromatic heterocycles. The van der Waals surface area contributed by atoms with Crippen LogP contribution in [0.5, 0.6) is 0 Å². The summed E-state index contributed by atoms with van der Waals surface area (Å²) in [5.74, 6) is 0.216. The van der Waals surface area contributed by atoms with Crippen molar-refractivity contribution in [2.75, 3.05) is 13.1 Å². The molecule has 0 saturated carbocycles. The van der Waals surface area contributed by atoms with E-state index < -0.39 is 10.0 Å². The van der Waals surface area contributed by atoms with Crippen LogP contribution >= 0.6 is 11.6 Å². The van der Waals surface area contributed by atoms with E-state index in [0.717, 1.165) is 24.8 Å². The zero-order chi connectivity index (χ0) is 16.3. The van der Waals surface area contributed by atoms with Gasteiger partial charge in [-0.3, -0.25) is 0 Å². The lowest BCUT2D eigenvalue weighted by molar-refractivity contribution is 0.406. The van der Waals surface area contributed by atoms with E-state index in [2.05, 4.69) is 0 Å². The van der Waals surface area contributed by atoms with Crippen LogP contribution in [0.25, 0.3) is 0 Å². The predicted octanol–water partition coefficient (Wildman–Crippen LogP) is 4.30. The van der Waals surface area contributed by atoms with Gasteiger partial charge in [-0.15, -0.1) is 0 Å². The molecule has 23 heavy (non-hydrogen) atoms. The number of sulfonamides is 1. The minimum absolute atomic E-state index is 0.216. The lowest BCUT2D eigenvalue weighted by Crippen LogP contribution is -2.34. The molecule has 2 aromatic rings. The first-order valence-corrected chi connectivity index (χ1v) is 9.70. The topological polar surface area (TPSA) is 37.4 Å². The Bertz CT molecular complexity index is 744. The first-order valence-electron chi connectivity index (χ1n) is 7.88. The van der Waals surface area contributed by atoms with Gasteiger partial charge >= 0.3 is 0 Å². The monoisotopic (exact) mass is 349 g/mol. The second-order valence-electron chi connectivity index (χ2n) is 5.92. The van der Waals surface area contributed by atoms with E-state index in [0.29, 0.717) is 23.0 Å². The van der Waals surface area contributed by atoms with Crippen molar-refractivity contribution < 1.29 is 8.42 Å². The van der Waals surface area contributed by atoms with E-state index in [1.807, 2.05) is 30.3 Å². The molecular weight excluding hydrogens is 330 g/mol. The zero-order valence-corrected chi connectivity index (χ0v) is 14.4. The molecular formula is C18H20ClNO2S. The fourth-order valence-corrected chi connectivity index (χ4v) is 4.74. The standard InChI is InChI=1S/C18H20ClNO2S/c19-17-11-9-15(10-12-17)16-6-4-5-13-20(14-16)23(21,22)18-7-2-1-3-8-18/h1-3,7-12,16H,4-6,13-14H2. The fraction of sp³-hybridized carbons (Fsp3) is 0.333. The molecule has 1 fully saturated rings. The first kappa shape index (κ1) is 16.5. The molecule has 0 amide bonds. The summed E-state index contributed by atoms with van der Waals surface area (Å²) < 4.78 is 27.4. The molecule has 1 saturated heterocycles. The maximum Gasteiger partial charge on any atom is 0.243 e. The van der Waals surface area contributed by atoms with E-state index in [9.17, 15) is 8.42 Å². The van der Waals surface area contributed by atoms with Crippen LogP contribution in [0.3, 0.4) is 0 Å². The van der Waals surface area contributed by atoms with Gasteiger partial charge in [-0.1, -0.05) is 48.4 Å². The van der Waals surface area contributed by atoms with Gasteiger partial charge in [-0.2, -0.15) is 4.31 Å². The van der Waals surface area contributed by atoms with Crippen LogP contribution in [0, 0.1) is 0 Å². The third-order valence-corrected chi connectivity index (χ3v) is 6.49. The summed E-state index contributed by atoms with van der Waals surface area (Å²) in [5, 5.41) is 0.705. The van der Waals surface area contributed by atoms with Crippen molar-refractivity contribution >= 4 is 21.6 Å². The van der Waals surface area contributed by atoms with Crippen molar-refractivity contribution in [2.24, 2.45) is 0 Å². The Morgan fingerprint density at radius 3 is 2.35 bits per heavy atom. The quantitative estimate of drug-likeness (QED) is 0.828. The minimum Gasteiger partial charge on any atom is -0.207 e. The molecule has 2 aromatic carbocycles. The van der Waals surface area contributed by atoms with Gasteiger partial charge in [0.15, 0.2) is 0 Å². The van der Waals surface area contributed by atoms with Crippen LogP contribution in [0.4, 0.5) is 0 Å². The number of benzene rings is 2. The Balaban J connectivity index is 1.86. The highest BCUT2D eigenvalue weighted by Crippen LogP contribution is 2.30. The summed E-state index contributed by atoms with van der Waals surface area (Å²) in [6.07, 6.45) is 2.94. The normalized spacial score (nSPS) is 20.1. The molecule has 1 aliphatic rings. The lowest BCUT2D eigenvalue weighted by atomic mass is 9.95. The van der Waals surface area contributed by atoms with Crippen molar-refractivity contribution in [3.8, 4) is 0 Å². The SMILES string of the molecule is O=S(=O)(c1ccccc1)N1CCCCC(c2ccc(Cl)cc2)C1. The number of halogens is 1. The van der Waals surface area contributed by atoms with Gasteiger partial charge in [-0.05, 0) is 48.6 Å². The maximum atomic E-state index is 12.9. The molecule has 3 nitrogen and oxygen atoms in total. The van der Waals surface area contributed by atoms with Crippen LogP contribution in [-0.4, -0.2) is 25.8 Å². The Hall–Kier alpha value is -1.36. The molecule has 1 atom stereocenters. The summed E-state index contributed by atoms with van der Waals surface area (Å²) >= 11 is 5.96. The molecule has 0 N–H and O–H groups in total. The van der Waals surface area contributed by atoms with Crippen LogP contribution in [0.1, 0.15) is 30.7 Å². The third kappa shape index (κ3) is 3.77. The molecule has 0 bridgehead atoms. The summed E-state index contributed by atoms with van der Waals surface area (Å²) in [4.78, 5) is 0.372. The molecule has 5 heteroatoms. The Morgan fingerprint density at radius 1 is 0.957 bits per heavy atom. The minimum atomic E-state index is -3.43. The molecule has 0 radical (unpaired) electrons. The summed E-state index contributed by atoms with van der Waals surface area (Å²) in [5.41, 5.74) is 1.16. The average Bonchev–Trinajstić information content (AvgIpc) is 2.83. The molecule has 0 aliphatic carbocycles. The number of hydrogen-bond donors (Lipinski definition) is 0. The highest BCUT2D eigenvalue weighted by Gasteiger charge is 2.29. The van der Waals surface area contributed by atoms with Gasteiger partial charge in [0.25, 0.3) is 0 Å². The maximum absolute atomic E-state index is 12.9. The van der Waals surface area contributed by atoms with E-state index >= 15 is 0 Å². The smallest absolute Gasteiger partial charge is 0.207 e. The van der Waals surface area contributed by atoms with Crippen molar-refractivity contribution in [3.63, 3.8) is 0 Å². The van der Waals surface area contributed by atoms with Gasteiger partial charge in [0.05, 0.1) is 4.90 Å². The van der Waals surface area contributed by atoms with E-state index in [4.69, 9.17) is 11.6 Å². The third-order valence-electron chi connectivity index (χ3n) is 4.36. The Labute approximate surface area is 142 Å². The summed E-state index contributed by atoms with van der Waals surface area (Å²) in [7, 11) is -3.43. The Kier molecular flexibility index (Phi) is 5.05. The van der Waals surface area contributed by atoms with E-state index in [1.54, 1.807) is 28.6 Å². The van der Waals surface area contributed by atoms with Crippen LogP contribution in [-0.2, 0) is 10.0 Å². The molecule has 0 spiro atoms.